The Morgan fingerprint density at radius 1 is 1.11 bits per heavy atom. The molecule has 4 nitrogen and oxygen atoms in total. The van der Waals surface area contributed by atoms with Crippen LogP contribution in [0.4, 0.5) is 10.5 Å². The summed E-state index contributed by atoms with van der Waals surface area (Å²) in [6, 6.07) is 12.5. The molecular weight excluding hydrogens is 228 g/mol. The van der Waals surface area contributed by atoms with Crippen molar-refractivity contribution in [1.82, 2.24) is 0 Å². The average Bonchev–Trinajstić information content (AvgIpc) is 2.63. The van der Waals surface area contributed by atoms with E-state index < -0.39 is 12.1 Å². The van der Waals surface area contributed by atoms with Gasteiger partial charge in [-0.1, -0.05) is 30.3 Å². The zero-order valence-corrected chi connectivity index (χ0v) is 9.55. The van der Waals surface area contributed by atoms with E-state index in [9.17, 15) is 9.90 Å². The maximum atomic E-state index is 10.8. The van der Waals surface area contributed by atoms with Gasteiger partial charge in [0.05, 0.1) is 0 Å². The number of hydrogen-bond acceptors (Lipinski definition) is 2. The van der Waals surface area contributed by atoms with Gasteiger partial charge in [0.15, 0.2) is 0 Å². The Kier molecular flexibility index (Phi) is 2.31. The molecule has 0 saturated carbocycles. The predicted molar refractivity (Wildman–Crippen MR) is 69.1 cm³/mol. The highest BCUT2D eigenvalue weighted by Gasteiger charge is 2.26. The Balaban J connectivity index is 2.10. The fourth-order valence-electron chi connectivity index (χ4n) is 2.40. The normalized spacial score (nSPS) is 15.9. The predicted octanol–water partition coefficient (Wildman–Crippen LogP) is 2.24. The van der Waals surface area contributed by atoms with Gasteiger partial charge in [0.25, 0.3) is 0 Å². The van der Waals surface area contributed by atoms with Gasteiger partial charge in [-0.05, 0) is 34.4 Å². The summed E-state index contributed by atoms with van der Waals surface area (Å²) in [4.78, 5) is 10.8. The minimum Gasteiger partial charge on any atom is -0.384 e. The molecule has 1 aliphatic rings. The maximum Gasteiger partial charge on any atom is 0.316 e. The summed E-state index contributed by atoms with van der Waals surface area (Å²) < 4.78 is 0. The third kappa shape index (κ3) is 1.55. The van der Waals surface area contributed by atoms with Crippen molar-refractivity contribution in [2.45, 2.75) is 6.10 Å². The zero-order valence-electron chi connectivity index (χ0n) is 9.55. The number of hydrogen-bond donors (Lipinski definition) is 3. The number of anilines is 1. The number of fused-ring (bicyclic) bond motifs is 3. The first-order valence-electron chi connectivity index (χ1n) is 5.64. The molecule has 0 fully saturated rings. The van der Waals surface area contributed by atoms with Gasteiger partial charge in [-0.15, -0.1) is 0 Å². The third-order valence-electron chi connectivity index (χ3n) is 3.16. The van der Waals surface area contributed by atoms with Crippen LogP contribution in [-0.2, 0) is 0 Å². The van der Waals surface area contributed by atoms with Crippen LogP contribution in [0, 0.1) is 0 Å². The second-order valence-electron chi connectivity index (χ2n) is 4.28. The highest BCUT2D eigenvalue weighted by Crippen LogP contribution is 2.43. The lowest BCUT2D eigenvalue weighted by Crippen LogP contribution is -2.19. The lowest BCUT2D eigenvalue weighted by molar-refractivity contribution is 0.225. The first kappa shape index (κ1) is 10.8. The van der Waals surface area contributed by atoms with Crippen LogP contribution in [0.25, 0.3) is 11.1 Å². The van der Waals surface area contributed by atoms with Gasteiger partial charge in [0.1, 0.15) is 6.10 Å². The number of aliphatic hydroxyl groups is 1. The molecule has 18 heavy (non-hydrogen) atoms. The molecule has 1 atom stereocenters. The monoisotopic (exact) mass is 240 g/mol. The fourth-order valence-corrected chi connectivity index (χ4v) is 2.40. The molecule has 4 N–H and O–H groups in total. The van der Waals surface area contributed by atoms with E-state index in [2.05, 4.69) is 5.32 Å². The standard InChI is InChI=1S/C14H12N2O2/c15-14(18)16-8-5-6-10-9-3-1-2-4-11(9)13(17)12(10)7-8/h1-7,13,17H,(H3,15,16,18)/t13-/m0/s1. The number of nitrogens with one attached hydrogen (secondary N) is 1. The van der Waals surface area contributed by atoms with E-state index >= 15 is 0 Å². The molecule has 0 bridgehead atoms. The Hall–Kier alpha value is -2.33. The molecule has 2 aromatic rings. The first-order chi connectivity index (χ1) is 8.66. The number of aliphatic hydroxyl groups excluding tert-OH is 1. The van der Waals surface area contributed by atoms with E-state index in [0.29, 0.717) is 5.69 Å². The van der Waals surface area contributed by atoms with Crippen LogP contribution in [-0.4, -0.2) is 11.1 Å². The molecule has 90 valence electrons. The SMILES string of the molecule is NC(=O)Nc1ccc2c(c1)[C@@H](O)c1ccccc1-2. The summed E-state index contributed by atoms with van der Waals surface area (Å²) in [5, 5.41) is 12.8. The summed E-state index contributed by atoms with van der Waals surface area (Å²) >= 11 is 0. The molecule has 0 aliphatic heterocycles. The van der Waals surface area contributed by atoms with E-state index in [4.69, 9.17) is 5.73 Å². The Morgan fingerprint density at radius 2 is 1.83 bits per heavy atom. The molecule has 2 amide bonds. The molecule has 0 heterocycles. The number of rotatable bonds is 1. The molecular formula is C14H12N2O2. The molecule has 0 spiro atoms. The molecule has 0 unspecified atom stereocenters. The Labute approximate surface area is 104 Å². The van der Waals surface area contributed by atoms with Crippen molar-refractivity contribution in [1.29, 1.82) is 0 Å². The lowest BCUT2D eigenvalue weighted by atomic mass is 10.1. The van der Waals surface area contributed by atoms with Crippen LogP contribution < -0.4 is 11.1 Å². The molecule has 0 radical (unpaired) electrons. The smallest absolute Gasteiger partial charge is 0.316 e. The molecule has 0 saturated heterocycles. The van der Waals surface area contributed by atoms with Crippen LogP contribution in [0.1, 0.15) is 17.2 Å². The molecule has 4 heteroatoms. The fraction of sp³-hybridized carbons (Fsp3) is 0.0714. The number of carbonyl (C=O) groups excluding carboxylic acids is 1. The highest BCUT2D eigenvalue weighted by molar-refractivity contribution is 5.89. The van der Waals surface area contributed by atoms with Crippen molar-refractivity contribution in [3.8, 4) is 11.1 Å². The van der Waals surface area contributed by atoms with Crippen molar-refractivity contribution in [2.75, 3.05) is 5.32 Å². The van der Waals surface area contributed by atoms with Gasteiger partial charge in [-0.2, -0.15) is 0 Å². The van der Waals surface area contributed by atoms with E-state index in [-0.39, 0.29) is 0 Å². The Bertz CT molecular complexity index is 637. The summed E-state index contributed by atoms with van der Waals surface area (Å²) in [7, 11) is 0. The van der Waals surface area contributed by atoms with Crippen molar-refractivity contribution in [3.05, 3.63) is 53.6 Å². The number of urea groups is 1. The van der Waals surface area contributed by atoms with Crippen molar-refractivity contribution in [3.63, 3.8) is 0 Å². The molecule has 1 aliphatic carbocycles. The topological polar surface area (TPSA) is 75.4 Å². The quantitative estimate of drug-likeness (QED) is 0.715. The largest absolute Gasteiger partial charge is 0.384 e. The van der Waals surface area contributed by atoms with E-state index in [1.165, 1.54) is 0 Å². The minimum atomic E-state index is -0.647. The molecule has 0 aromatic heterocycles. The first-order valence-corrected chi connectivity index (χ1v) is 5.64. The van der Waals surface area contributed by atoms with Crippen LogP contribution in [0.3, 0.4) is 0 Å². The highest BCUT2D eigenvalue weighted by atomic mass is 16.3. The number of carbonyl (C=O) groups is 1. The average molecular weight is 240 g/mol. The third-order valence-corrected chi connectivity index (χ3v) is 3.16. The van der Waals surface area contributed by atoms with Crippen LogP contribution in [0.15, 0.2) is 42.5 Å². The van der Waals surface area contributed by atoms with Gasteiger partial charge in [-0.3, -0.25) is 0 Å². The van der Waals surface area contributed by atoms with Gasteiger partial charge >= 0.3 is 6.03 Å². The van der Waals surface area contributed by atoms with Gasteiger partial charge in [0, 0.05) is 5.69 Å². The second kappa shape index (κ2) is 3.85. The van der Waals surface area contributed by atoms with Crippen molar-refractivity contribution < 1.29 is 9.90 Å². The summed E-state index contributed by atoms with van der Waals surface area (Å²) in [5.74, 6) is 0. The van der Waals surface area contributed by atoms with Gasteiger partial charge in [-0.25, -0.2) is 4.79 Å². The van der Waals surface area contributed by atoms with E-state index in [0.717, 1.165) is 22.3 Å². The molecule has 3 rings (SSSR count). The second-order valence-corrected chi connectivity index (χ2v) is 4.28. The summed E-state index contributed by atoms with van der Waals surface area (Å²) in [6.45, 7) is 0. The number of primary amides is 1. The number of nitrogens with two attached hydrogens (primary N) is 1. The van der Waals surface area contributed by atoms with Crippen molar-refractivity contribution >= 4 is 11.7 Å². The van der Waals surface area contributed by atoms with Crippen molar-refractivity contribution in [2.24, 2.45) is 5.73 Å². The van der Waals surface area contributed by atoms with E-state index in [1.54, 1.807) is 12.1 Å². The van der Waals surface area contributed by atoms with Crippen LogP contribution in [0.2, 0.25) is 0 Å². The maximum absolute atomic E-state index is 10.8. The Morgan fingerprint density at radius 3 is 2.61 bits per heavy atom. The van der Waals surface area contributed by atoms with Gasteiger partial charge in [0.2, 0.25) is 0 Å². The minimum absolute atomic E-state index is 0.591. The molecule has 2 aromatic carbocycles. The zero-order chi connectivity index (χ0) is 12.7. The van der Waals surface area contributed by atoms with Gasteiger partial charge < -0.3 is 16.2 Å². The van der Waals surface area contributed by atoms with E-state index in [1.807, 2.05) is 30.3 Å². The summed E-state index contributed by atoms with van der Waals surface area (Å²) in [6.07, 6.45) is -0.647. The van der Waals surface area contributed by atoms with Crippen LogP contribution >= 0.6 is 0 Å². The summed E-state index contributed by atoms with van der Waals surface area (Å²) in [5.41, 5.74) is 9.38. The number of benzene rings is 2. The van der Waals surface area contributed by atoms with Crippen LogP contribution in [0.5, 0.6) is 0 Å². The number of amides is 2. The lowest BCUT2D eigenvalue weighted by Gasteiger charge is -2.08.